The predicted octanol–water partition coefficient (Wildman–Crippen LogP) is 0.932. The molecule has 0 spiro atoms. The molecule has 0 unspecified atom stereocenters. The van der Waals surface area contributed by atoms with Crippen LogP contribution in [0.3, 0.4) is 0 Å². The second-order valence-electron chi connectivity index (χ2n) is 5.58. The van der Waals surface area contributed by atoms with Crippen molar-refractivity contribution in [2.45, 2.75) is 36.5 Å². The van der Waals surface area contributed by atoms with Crippen LogP contribution in [0, 0.1) is 13.8 Å². The van der Waals surface area contributed by atoms with Gasteiger partial charge < -0.3 is 4.74 Å². The fraction of sp³-hybridized carbons (Fsp3) is 0.769. The number of aryl methyl sites for hydroxylation is 2. The van der Waals surface area contributed by atoms with E-state index in [9.17, 15) is 8.42 Å². The van der Waals surface area contributed by atoms with Gasteiger partial charge in [-0.25, -0.2) is 8.42 Å². The maximum absolute atomic E-state index is 13.1. The van der Waals surface area contributed by atoms with Crippen molar-refractivity contribution in [3.63, 3.8) is 0 Å². The lowest BCUT2D eigenvalue weighted by Gasteiger charge is -2.42. The van der Waals surface area contributed by atoms with E-state index in [1.807, 2.05) is 18.7 Å². The number of fused-ring (bicyclic) bond motifs is 1. The zero-order valence-corrected chi connectivity index (χ0v) is 14.2. The van der Waals surface area contributed by atoms with Crippen LogP contribution in [-0.2, 0) is 21.8 Å². The van der Waals surface area contributed by atoms with Crippen LogP contribution in [0.2, 0.25) is 0 Å². The molecule has 3 rings (SSSR count). The Bertz CT molecular complexity index is 639. The van der Waals surface area contributed by atoms with Gasteiger partial charge in [-0.05, 0) is 20.3 Å². The van der Waals surface area contributed by atoms with Gasteiger partial charge in [-0.3, -0.25) is 4.68 Å². The zero-order valence-electron chi connectivity index (χ0n) is 12.6. The standard InChI is InChI=1S/C13H21N3O3S2/c1-9-13(10(2)15(3)14-9)21(17,18)16-5-7-20-12-8-19-6-4-11(12)16/h11-12H,4-8H2,1-3H3/t11-,12-/m0/s1. The van der Waals surface area contributed by atoms with E-state index in [1.54, 1.807) is 23.0 Å². The number of sulfonamides is 1. The van der Waals surface area contributed by atoms with Crippen LogP contribution in [0.4, 0.5) is 0 Å². The van der Waals surface area contributed by atoms with E-state index in [4.69, 9.17) is 4.74 Å². The topological polar surface area (TPSA) is 64.4 Å². The molecule has 3 heterocycles. The highest BCUT2D eigenvalue weighted by Crippen LogP contribution is 2.35. The first-order valence-electron chi connectivity index (χ1n) is 7.14. The molecule has 0 saturated carbocycles. The number of hydrogen-bond donors (Lipinski definition) is 0. The van der Waals surface area contributed by atoms with E-state index in [1.165, 1.54) is 0 Å². The van der Waals surface area contributed by atoms with Crippen LogP contribution in [0.25, 0.3) is 0 Å². The molecule has 2 saturated heterocycles. The fourth-order valence-corrected chi connectivity index (χ4v) is 6.78. The van der Waals surface area contributed by atoms with Crippen LogP contribution in [-0.4, -0.2) is 59.3 Å². The quantitative estimate of drug-likeness (QED) is 0.807. The van der Waals surface area contributed by atoms with Crippen LogP contribution in [0.15, 0.2) is 4.90 Å². The summed E-state index contributed by atoms with van der Waals surface area (Å²) >= 11 is 1.82. The molecule has 0 aromatic carbocycles. The van der Waals surface area contributed by atoms with Gasteiger partial charge >= 0.3 is 0 Å². The lowest BCUT2D eigenvalue weighted by atomic mass is 10.1. The molecule has 118 valence electrons. The molecule has 0 amide bonds. The molecule has 6 nitrogen and oxygen atoms in total. The Morgan fingerprint density at radius 1 is 1.38 bits per heavy atom. The third-order valence-electron chi connectivity index (χ3n) is 4.29. The minimum Gasteiger partial charge on any atom is -0.380 e. The molecule has 0 radical (unpaired) electrons. The van der Waals surface area contributed by atoms with E-state index < -0.39 is 10.0 Å². The summed E-state index contributed by atoms with van der Waals surface area (Å²) in [4.78, 5) is 0.377. The molecule has 21 heavy (non-hydrogen) atoms. The first-order valence-corrected chi connectivity index (χ1v) is 9.63. The largest absolute Gasteiger partial charge is 0.380 e. The number of rotatable bonds is 2. The van der Waals surface area contributed by atoms with Crippen molar-refractivity contribution >= 4 is 21.8 Å². The summed E-state index contributed by atoms with van der Waals surface area (Å²) in [6.07, 6.45) is 0.773. The molecule has 0 N–H and O–H groups in total. The summed E-state index contributed by atoms with van der Waals surface area (Å²) in [7, 11) is -1.71. The van der Waals surface area contributed by atoms with Crippen molar-refractivity contribution in [2.24, 2.45) is 7.05 Å². The molecular formula is C13H21N3O3S2. The maximum atomic E-state index is 13.1. The molecule has 8 heteroatoms. The van der Waals surface area contributed by atoms with Crippen LogP contribution in [0.5, 0.6) is 0 Å². The fourth-order valence-electron chi connectivity index (χ4n) is 3.19. The zero-order chi connectivity index (χ0) is 15.2. The molecule has 1 aromatic heterocycles. The Morgan fingerprint density at radius 2 is 2.14 bits per heavy atom. The maximum Gasteiger partial charge on any atom is 0.247 e. The van der Waals surface area contributed by atoms with E-state index in [2.05, 4.69) is 5.10 Å². The average molecular weight is 331 g/mol. The molecule has 2 aliphatic rings. The smallest absolute Gasteiger partial charge is 0.247 e. The first kappa shape index (κ1) is 15.3. The van der Waals surface area contributed by atoms with Gasteiger partial charge in [0.25, 0.3) is 0 Å². The Hall–Kier alpha value is -0.570. The number of hydrogen-bond acceptors (Lipinski definition) is 5. The lowest BCUT2D eigenvalue weighted by Crippen LogP contribution is -2.54. The van der Waals surface area contributed by atoms with Crippen LogP contribution in [0.1, 0.15) is 17.8 Å². The monoisotopic (exact) mass is 331 g/mol. The van der Waals surface area contributed by atoms with Crippen molar-refractivity contribution < 1.29 is 13.2 Å². The Balaban J connectivity index is 2.00. The first-order chi connectivity index (χ1) is 9.93. The van der Waals surface area contributed by atoms with Gasteiger partial charge in [-0.2, -0.15) is 21.2 Å². The van der Waals surface area contributed by atoms with Gasteiger partial charge in [0.15, 0.2) is 0 Å². The number of nitrogens with zero attached hydrogens (tertiary/aromatic N) is 3. The van der Waals surface area contributed by atoms with Gasteiger partial charge in [0.2, 0.25) is 10.0 Å². The van der Waals surface area contributed by atoms with Crippen LogP contribution >= 0.6 is 11.8 Å². The SMILES string of the molecule is Cc1nn(C)c(C)c1S(=O)(=O)N1CCS[C@H]2COCC[C@@H]21. The van der Waals surface area contributed by atoms with Gasteiger partial charge in [0, 0.05) is 37.2 Å². The van der Waals surface area contributed by atoms with E-state index >= 15 is 0 Å². The summed E-state index contributed by atoms with van der Waals surface area (Å²) in [5.41, 5.74) is 1.28. The van der Waals surface area contributed by atoms with E-state index in [-0.39, 0.29) is 11.3 Å². The number of aromatic nitrogens is 2. The molecule has 0 bridgehead atoms. The highest BCUT2D eigenvalue weighted by molar-refractivity contribution is 8.00. The van der Waals surface area contributed by atoms with Gasteiger partial charge in [0.05, 0.1) is 18.0 Å². The highest BCUT2D eigenvalue weighted by atomic mass is 32.2. The number of ether oxygens (including phenoxy) is 1. The highest BCUT2D eigenvalue weighted by Gasteiger charge is 2.42. The molecule has 2 aliphatic heterocycles. The third-order valence-corrected chi connectivity index (χ3v) is 7.77. The Kier molecular flexibility index (Phi) is 4.06. The normalized spacial score (nSPS) is 27.6. The third kappa shape index (κ3) is 2.52. The summed E-state index contributed by atoms with van der Waals surface area (Å²) < 4.78 is 35.1. The second kappa shape index (κ2) is 5.57. The minimum absolute atomic E-state index is 0.0431. The van der Waals surface area contributed by atoms with Gasteiger partial charge in [-0.1, -0.05) is 0 Å². The molecule has 2 atom stereocenters. The Morgan fingerprint density at radius 3 is 2.81 bits per heavy atom. The van der Waals surface area contributed by atoms with Gasteiger partial charge in [0.1, 0.15) is 4.90 Å². The second-order valence-corrected chi connectivity index (χ2v) is 8.75. The van der Waals surface area contributed by atoms with Crippen LogP contribution < -0.4 is 0 Å². The van der Waals surface area contributed by atoms with Crippen molar-refractivity contribution in [3.8, 4) is 0 Å². The summed E-state index contributed by atoms with van der Waals surface area (Å²) in [6.45, 7) is 5.43. The predicted molar refractivity (Wildman–Crippen MR) is 82.0 cm³/mol. The van der Waals surface area contributed by atoms with Crippen molar-refractivity contribution in [1.29, 1.82) is 0 Å². The Labute approximate surface area is 129 Å². The van der Waals surface area contributed by atoms with Gasteiger partial charge in [-0.15, -0.1) is 0 Å². The molecule has 2 fully saturated rings. The lowest BCUT2D eigenvalue weighted by molar-refractivity contribution is 0.0625. The minimum atomic E-state index is -3.49. The van der Waals surface area contributed by atoms with E-state index in [0.29, 0.717) is 36.0 Å². The summed E-state index contributed by atoms with van der Waals surface area (Å²) in [5, 5.41) is 4.51. The van der Waals surface area contributed by atoms with Crippen molar-refractivity contribution in [3.05, 3.63) is 11.4 Å². The average Bonchev–Trinajstić information content (AvgIpc) is 2.71. The molecule has 1 aromatic rings. The summed E-state index contributed by atoms with van der Waals surface area (Å²) in [6, 6.07) is 0.0431. The molecular weight excluding hydrogens is 310 g/mol. The number of thioether (sulfide) groups is 1. The van der Waals surface area contributed by atoms with Crippen molar-refractivity contribution in [2.75, 3.05) is 25.5 Å². The summed E-state index contributed by atoms with van der Waals surface area (Å²) in [5.74, 6) is 0.822. The van der Waals surface area contributed by atoms with Crippen molar-refractivity contribution in [1.82, 2.24) is 14.1 Å². The molecule has 0 aliphatic carbocycles. The van der Waals surface area contributed by atoms with E-state index in [0.717, 1.165) is 12.2 Å².